The molecule has 2 aromatic heterocycles. The maximum absolute atomic E-state index is 12.3. The van der Waals surface area contributed by atoms with Crippen molar-refractivity contribution in [2.45, 2.75) is 24.2 Å². The number of nitrogens with one attached hydrogen (secondary N) is 1. The van der Waals surface area contributed by atoms with Gasteiger partial charge in [0.2, 0.25) is 5.82 Å². The Kier molecular flexibility index (Phi) is 4.61. The number of benzene rings is 1. The zero-order valence-electron chi connectivity index (χ0n) is 15.0. The van der Waals surface area contributed by atoms with E-state index in [1.807, 2.05) is 18.2 Å². The van der Waals surface area contributed by atoms with E-state index < -0.39 is 9.84 Å². The predicted molar refractivity (Wildman–Crippen MR) is 102 cm³/mol. The van der Waals surface area contributed by atoms with Crippen molar-refractivity contribution in [2.24, 2.45) is 0 Å². The third kappa shape index (κ3) is 3.55. The molecule has 0 radical (unpaired) electrons. The Morgan fingerprint density at radius 3 is 2.52 bits per heavy atom. The Labute approximate surface area is 157 Å². The van der Waals surface area contributed by atoms with Gasteiger partial charge in [0, 0.05) is 36.7 Å². The largest absolute Gasteiger partial charge is 0.357 e. The van der Waals surface area contributed by atoms with E-state index in [2.05, 4.69) is 30.5 Å². The molecule has 0 spiro atoms. The summed E-state index contributed by atoms with van der Waals surface area (Å²) in [7, 11) is -3.47. The zero-order chi connectivity index (χ0) is 18.9. The SMILES string of the molecule is CS(=O)(=O)c1cccc(-c2ccc(N3CCCCC3)nc2)c1-c1nn[nH]n1. The number of aromatic amines is 1. The molecule has 1 aliphatic rings. The van der Waals surface area contributed by atoms with Crippen molar-refractivity contribution in [1.82, 2.24) is 25.6 Å². The van der Waals surface area contributed by atoms with Crippen LogP contribution in [0.25, 0.3) is 22.5 Å². The molecule has 0 atom stereocenters. The lowest BCUT2D eigenvalue weighted by Crippen LogP contribution is -2.29. The lowest BCUT2D eigenvalue weighted by Gasteiger charge is -2.27. The minimum absolute atomic E-state index is 0.168. The predicted octanol–water partition coefficient (Wildman–Crippen LogP) is 2.32. The molecule has 0 saturated carbocycles. The third-order valence-electron chi connectivity index (χ3n) is 4.73. The van der Waals surface area contributed by atoms with E-state index in [9.17, 15) is 8.42 Å². The summed E-state index contributed by atoms with van der Waals surface area (Å²) in [5.74, 6) is 1.19. The molecule has 1 aliphatic heterocycles. The maximum atomic E-state index is 12.3. The molecular formula is C18H20N6O2S. The van der Waals surface area contributed by atoms with Crippen LogP contribution in [-0.2, 0) is 9.84 Å². The highest BCUT2D eigenvalue weighted by molar-refractivity contribution is 7.90. The van der Waals surface area contributed by atoms with Gasteiger partial charge in [-0.15, -0.1) is 10.2 Å². The van der Waals surface area contributed by atoms with Crippen molar-refractivity contribution in [1.29, 1.82) is 0 Å². The summed E-state index contributed by atoms with van der Waals surface area (Å²) in [6.07, 6.45) is 6.58. The van der Waals surface area contributed by atoms with Crippen molar-refractivity contribution in [3.8, 4) is 22.5 Å². The summed E-state index contributed by atoms with van der Waals surface area (Å²) in [5, 5.41) is 14.0. The normalized spacial score (nSPS) is 15.1. The van der Waals surface area contributed by atoms with Gasteiger partial charge in [-0.3, -0.25) is 0 Å². The van der Waals surface area contributed by atoms with Crippen molar-refractivity contribution in [3.63, 3.8) is 0 Å². The molecule has 0 aliphatic carbocycles. The summed E-state index contributed by atoms with van der Waals surface area (Å²) in [6, 6.07) is 9.06. The molecule has 140 valence electrons. The number of hydrogen-bond donors (Lipinski definition) is 1. The van der Waals surface area contributed by atoms with Crippen LogP contribution in [0.2, 0.25) is 0 Å². The number of H-pyrrole nitrogens is 1. The van der Waals surface area contributed by atoms with Crippen molar-refractivity contribution in [2.75, 3.05) is 24.2 Å². The first-order valence-corrected chi connectivity index (χ1v) is 10.7. The summed E-state index contributed by atoms with van der Waals surface area (Å²) < 4.78 is 24.6. The molecule has 4 rings (SSSR count). The van der Waals surface area contributed by atoms with Gasteiger partial charge in [0.1, 0.15) is 5.82 Å². The van der Waals surface area contributed by atoms with Crippen LogP contribution in [0.1, 0.15) is 19.3 Å². The van der Waals surface area contributed by atoms with Gasteiger partial charge in [0.05, 0.1) is 4.90 Å². The quantitative estimate of drug-likeness (QED) is 0.736. The molecule has 1 aromatic carbocycles. The van der Waals surface area contributed by atoms with E-state index in [1.54, 1.807) is 18.3 Å². The number of tetrazole rings is 1. The van der Waals surface area contributed by atoms with Gasteiger partial charge in [-0.25, -0.2) is 13.4 Å². The topological polar surface area (TPSA) is 105 Å². The molecule has 8 nitrogen and oxygen atoms in total. The Bertz CT molecular complexity index is 1030. The number of piperidine rings is 1. The number of sulfone groups is 1. The first-order valence-electron chi connectivity index (χ1n) is 8.82. The molecule has 0 unspecified atom stereocenters. The van der Waals surface area contributed by atoms with Gasteiger partial charge in [0.25, 0.3) is 0 Å². The fourth-order valence-electron chi connectivity index (χ4n) is 3.43. The molecule has 0 amide bonds. The lowest BCUT2D eigenvalue weighted by molar-refractivity contribution is 0.573. The highest BCUT2D eigenvalue weighted by atomic mass is 32.2. The smallest absolute Gasteiger partial charge is 0.206 e. The highest BCUT2D eigenvalue weighted by Gasteiger charge is 2.22. The molecule has 1 N–H and O–H groups in total. The standard InChI is InChI=1S/C18H20N6O2S/c1-27(25,26)15-7-5-6-14(17(15)18-20-22-23-21-18)13-8-9-16(19-12-13)24-10-3-2-4-11-24/h5-9,12H,2-4,10-11H2,1H3,(H,20,21,22,23). The average molecular weight is 384 g/mol. The highest BCUT2D eigenvalue weighted by Crippen LogP contribution is 2.35. The van der Waals surface area contributed by atoms with Crippen molar-refractivity contribution >= 4 is 15.7 Å². The van der Waals surface area contributed by atoms with Crippen LogP contribution < -0.4 is 4.90 Å². The number of rotatable bonds is 4. The fraction of sp³-hybridized carbons (Fsp3) is 0.333. The Hall–Kier alpha value is -2.81. The minimum atomic E-state index is -3.47. The van der Waals surface area contributed by atoms with E-state index in [-0.39, 0.29) is 10.7 Å². The number of pyridine rings is 1. The molecule has 27 heavy (non-hydrogen) atoms. The average Bonchev–Trinajstić information content (AvgIpc) is 3.22. The maximum Gasteiger partial charge on any atom is 0.206 e. The van der Waals surface area contributed by atoms with E-state index in [1.165, 1.54) is 25.5 Å². The van der Waals surface area contributed by atoms with Crippen LogP contribution in [0, 0.1) is 0 Å². The molecule has 3 heterocycles. The summed E-state index contributed by atoms with van der Waals surface area (Å²) >= 11 is 0. The van der Waals surface area contributed by atoms with Gasteiger partial charge in [-0.05, 0) is 48.2 Å². The number of aromatic nitrogens is 5. The molecular weight excluding hydrogens is 364 g/mol. The van der Waals surface area contributed by atoms with Crippen LogP contribution in [0.5, 0.6) is 0 Å². The van der Waals surface area contributed by atoms with Crippen LogP contribution >= 0.6 is 0 Å². The van der Waals surface area contributed by atoms with Crippen LogP contribution in [0.3, 0.4) is 0 Å². The number of anilines is 1. The van der Waals surface area contributed by atoms with Crippen LogP contribution in [0.4, 0.5) is 5.82 Å². The lowest BCUT2D eigenvalue weighted by atomic mass is 10.0. The molecule has 1 saturated heterocycles. The summed E-state index contributed by atoms with van der Waals surface area (Å²) in [4.78, 5) is 7.05. The zero-order valence-corrected chi connectivity index (χ0v) is 15.8. The summed E-state index contributed by atoms with van der Waals surface area (Å²) in [6.45, 7) is 2.04. The van der Waals surface area contributed by atoms with Gasteiger partial charge in [-0.2, -0.15) is 5.21 Å². The van der Waals surface area contributed by atoms with Gasteiger partial charge in [-0.1, -0.05) is 12.1 Å². The van der Waals surface area contributed by atoms with E-state index >= 15 is 0 Å². The van der Waals surface area contributed by atoms with Gasteiger partial charge < -0.3 is 4.90 Å². The summed E-state index contributed by atoms with van der Waals surface area (Å²) in [5.41, 5.74) is 1.94. The first-order chi connectivity index (χ1) is 13.0. The second-order valence-corrected chi connectivity index (χ2v) is 8.62. The van der Waals surface area contributed by atoms with Crippen molar-refractivity contribution < 1.29 is 8.42 Å². The van der Waals surface area contributed by atoms with E-state index in [4.69, 9.17) is 0 Å². The van der Waals surface area contributed by atoms with Gasteiger partial charge in [0.15, 0.2) is 9.84 Å². The van der Waals surface area contributed by atoms with Crippen molar-refractivity contribution in [3.05, 3.63) is 36.5 Å². The number of nitrogens with zero attached hydrogens (tertiary/aromatic N) is 5. The number of hydrogen-bond acceptors (Lipinski definition) is 7. The van der Waals surface area contributed by atoms with Gasteiger partial charge >= 0.3 is 0 Å². The molecule has 0 bridgehead atoms. The Morgan fingerprint density at radius 1 is 1.07 bits per heavy atom. The minimum Gasteiger partial charge on any atom is -0.357 e. The van der Waals surface area contributed by atoms with E-state index in [0.717, 1.165) is 24.5 Å². The third-order valence-corrected chi connectivity index (χ3v) is 5.87. The molecule has 3 aromatic rings. The first kappa shape index (κ1) is 17.6. The Morgan fingerprint density at radius 2 is 1.89 bits per heavy atom. The van der Waals surface area contributed by atoms with E-state index in [0.29, 0.717) is 11.1 Å². The fourth-order valence-corrected chi connectivity index (χ4v) is 4.33. The van der Waals surface area contributed by atoms with Crippen LogP contribution in [-0.4, -0.2) is 53.4 Å². The second-order valence-electron chi connectivity index (χ2n) is 6.64. The Balaban J connectivity index is 1.80. The van der Waals surface area contributed by atoms with Crippen LogP contribution in [0.15, 0.2) is 41.4 Å². The molecule has 1 fully saturated rings. The molecule has 9 heteroatoms. The second kappa shape index (κ2) is 7.07. The monoisotopic (exact) mass is 384 g/mol.